The fourth-order valence-electron chi connectivity index (χ4n) is 4.31. The van der Waals surface area contributed by atoms with Crippen molar-refractivity contribution >= 4 is 29.1 Å². The van der Waals surface area contributed by atoms with Crippen LogP contribution in [-0.2, 0) is 11.4 Å². The van der Waals surface area contributed by atoms with Gasteiger partial charge in [-0.1, -0.05) is 18.9 Å². The number of piperazine rings is 1. The second kappa shape index (κ2) is 9.68. The van der Waals surface area contributed by atoms with Crippen LogP contribution < -0.4 is 10.5 Å². The number of hydrogen-bond acceptors (Lipinski definition) is 5. The van der Waals surface area contributed by atoms with E-state index in [9.17, 15) is 18.8 Å². The first-order valence-electron chi connectivity index (χ1n) is 10.8. The first kappa shape index (κ1) is 22.3. The Kier molecular flexibility index (Phi) is 6.74. The number of thiophene rings is 1. The van der Waals surface area contributed by atoms with Gasteiger partial charge in [-0.3, -0.25) is 14.4 Å². The quantitative estimate of drug-likeness (QED) is 0.719. The Bertz CT molecular complexity index is 1010. The smallest absolute Gasteiger partial charge is 0.262 e. The molecule has 32 heavy (non-hydrogen) atoms. The highest BCUT2D eigenvalue weighted by Gasteiger charge is 2.31. The van der Waals surface area contributed by atoms with Gasteiger partial charge in [-0.05, 0) is 42.0 Å². The molecule has 2 aromatic rings. The number of rotatable bonds is 6. The molecular weight excluding hydrogens is 433 g/mol. The van der Waals surface area contributed by atoms with Gasteiger partial charge in [-0.2, -0.15) is 0 Å². The van der Waals surface area contributed by atoms with E-state index in [1.54, 1.807) is 22.4 Å². The molecule has 1 aromatic heterocycles. The molecule has 2 heterocycles. The molecule has 2 fully saturated rings. The third-order valence-corrected chi connectivity index (χ3v) is 7.00. The van der Waals surface area contributed by atoms with Crippen molar-refractivity contribution in [2.45, 2.75) is 32.3 Å². The van der Waals surface area contributed by atoms with E-state index in [2.05, 4.69) is 0 Å². The third kappa shape index (κ3) is 4.77. The van der Waals surface area contributed by atoms with Crippen molar-refractivity contribution in [2.75, 3.05) is 26.2 Å². The molecule has 2 aliphatic rings. The normalized spacial score (nSPS) is 16.9. The van der Waals surface area contributed by atoms with Crippen molar-refractivity contribution in [1.82, 2.24) is 9.80 Å². The van der Waals surface area contributed by atoms with Gasteiger partial charge in [0.15, 0.2) is 0 Å². The van der Waals surface area contributed by atoms with Crippen LogP contribution in [0, 0.1) is 11.7 Å². The van der Waals surface area contributed by atoms with Gasteiger partial charge in [0.25, 0.3) is 11.8 Å². The Hall–Kier alpha value is -2.94. The Balaban J connectivity index is 1.38. The average molecular weight is 460 g/mol. The van der Waals surface area contributed by atoms with Gasteiger partial charge in [0.05, 0.1) is 5.56 Å². The Morgan fingerprint density at radius 3 is 2.44 bits per heavy atom. The minimum absolute atomic E-state index is 0.0258. The molecule has 1 saturated carbocycles. The lowest BCUT2D eigenvalue weighted by Gasteiger charge is -2.36. The van der Waals surface area contributed by atoms with Crippen LogP contribution in [0.5, 0.6) is 5.75 Å². The molecule has 1 aliphatic heterocycles. The van der Waals surface area contributed by atoms with E-state index >= 15 is 0 Å². The summed E-state index contributed by atoms with van der Waals surface area (Å²) >= 11 is 1.18. The summed E-state index contributed by atoms with van der Waals surface area (Å²) in [6.45, 7) is 1.78. The maximum atomic E-state index is 14.5. The van der Waals surface area contributed by atoms with Crippen LogP contribution in [-0.4, -0.2) is 53.7 Å². The molecule has 0 atom stereocenters. The zero-order valence-electron chi connectivity index (χ0n) is 17.7. The highest BCUT2D eigenvalue weighted by molar-refractivity contribution is 7.12. The number of amides is 3. The third-order valence-electron chi connectivity index (χ3n) is 6.09. The summed E-state index contributed by atoms with van der Waals surface area (Å²) in [7, 11) is 0. The zero-order chi connectivity index (χ0) is 22.7. The van der Waals surface area contributed by atoms with Crippen LogP contribution >= 0.6 is 11.3 Å². The standard InChI is InChI=1S/C23H26FN3O4S/c24-18-6-5-15(14-31-19-7-12-32-20(19)21(25)28)13-17(18)23(30)27-10-8-26(9-11-27)22(29)16-3-1-2-4-16/h5-7,12-13,16H,1-4,8-11,14H2,(H2,25,28). The minimum Gasteiger partial charge on any atom is -0.487 e. The largest absolute Gasteiger partial charge is 0.487 e. The Morgan fingerprint density at radius 1 is 1.06 bits per heavy atom. The van der Waals surface area contributed by atoms with E-state index in [0.717, 1.165) is 25.7 Å². The molecule has 170 valence electrons. The van der Waals surface area contributed by atoms with E-state index in [1.807, 2.05) is 4.90 Å². The topological polar surface area (TPSA) is 92.9 Å². The molecular formula is C23H26FN3O4S. The molecule has 1 saturated heterocycles. The van der Waals surface area contributed by atoms with Gasteiger partial charge >= 0.3 is 0 Å². The van der Waals surface area contributed by atoms with Crippen molar-refractivity contribution in [3.8, 4) is 5.75 Å². The van der Waals surface area contributed by atoms with E-state index < -0.39 is 17.6 Å². The second-order valence-corrected chi connectivity index (χ2v) is 9.10. The summed E-state index contributed by atoms with van der Waals surface area (Å²) in [5, 5.41) is 1.70. The summed E-state index contributed by atoms with van der Waals surface area (Å²) < 4.78 is 20.1. The van der Waals surface area contributed by atoms with Crippen molar-refractivity contribution < 1.29 is 23.5 Å². The predicted molar refractivity (Wildman–Crippen MR) is 118 cm³/mol. The number of primary amides is 1. The number of nitrogens with zero attached hydrogens (tertiary/aromatic N) is 2. The highest BCUT2D eigenvalue weighted by atomic mass is 32.1. The summed E-state index contributed by atoms with van der Waals surface area (Å²) in [4.78, 5) is 40.7. The fourth-order valence-corrected chi connectivity index (χ4v) is 5.00. The Morgan fingerprint density at radius 2 is 1.75 bits per heavy atom. The lowest BCUT2D eigenvalue weighted by atomic mass is 10.1. The highest BCUT2D eigenvalue weighted by Crippen LogP contribution is 2.28. The number of ether oxygens (including phenoxy) is 1. The molecule has 0 unspecified atom stereocenters. The van der Waals surface area contributed by atoms with Crippen molar-refractivity contribution in [3.63, 3.8) is 0 Å². The lowest BCUT2D eigenvalue weighted by Crippen LogP contribution is -2.51. The van der Waals surface area contributed by atoms with Gasteiger partial charge in [-0.15, -0.1) is 11.3 Å². The molecule has 1 aliphatic carbocycles. The number of carbonyl (C=O) groups excluding carboxylic acids is 3. The molecule has 9 heteroatoms. The molecule has 1 aromatic carbocycles. The summed E-state index contributed by atoms with van der Waals surface area (Å²) in [5.74, 6) is -0.908. The summed E-state index contributed by atoms with van der Waals surface area (Å²) in [5.41, 5.74) is 5.90. The van der Waals surface area contributed by atoms with Crippen LogP contribution in [0.2, 0.25) is 0 Å². The second-order valence-electron chi connectivity index (χ2n) is 8.18. The number of carbonyl (C=O) groups is 3. The minimum atomic E-state index is -0.600. The van der Waals surface area contributed by atoms with Crippen molar-refractivity contribution in [1.29, 1.82) is 0 Å². The molecule has 0 bridgehead atoms. The zero-order valence-corrected chi connectivity index (χ0v) is 18.5. The first-order valence-corrected chi connectivity index (χ1v) is 11.7. The SMILES string of the molecule is NC(=O)c1sccc1OCc1ccc(F)c(C(=O)N2CCN(C(=O)C3CCCC3)CC2)c1. The van der Waals surface area contributed by atoms with Crippen LogP contribution in [0.25, 0.3) is 0 Å². The molecule has 0 radical (unpaired) electrons. The number of hydrogen-bond donors (Lipinski definition) is 1. The fraction of sp³-hybridized carbons (Fsp3) is 0.435. The lowest BCUT2D eigenvalue weighted by molar-refractivity contribution is -0.136. The summed E-state index contributed by atoms with van der Waals surface area (Å²) in [6.07, 6.45) is 4.10. The van der Waals surface area contributed by atoms with Crippen molar-refractivity contribution in [2.24, 2.45) is 11.7 Å². The molecule has 4 rings (SSSR count). The van der Waals surface area contributed by atoms with Gasteiger partial charge in [0, 0.05) is 32.1 Å². The molecule has 0 spiro atoms. The maximum Gasteiger partial charge on any atom is 0.262 e. The number of halogens is 1. The van der Waals surface area contributed by atoms with Crippen LogP contribution in [0.3, 0.4) is 0 Å². The van der Waals surface area contributed by atoms with E-state index in [1.165, 1.54) is 23.5 Å². The van der Waals surface area contributed by atoms with Crippen LogP contribution in [0.4, 0.5) is 4.39 Å². The van der Waals surface area contributed by atoms with Crippen LogP contribution in [0.15, 0.2) is 29.6 Å². The average Bonchev–Trinajstić information content (AvgIpc) is 3.50. The van der Waals surface area contributed by atoms with Gasteiger partial charge < -0.3 is 20.3 Å². The predicted octanol–water partition coefficient (Wildman–Crippen LogP) is 3.04. The van der Waals surface area contributed by atoms with Gasteiger partial charge in [0.1, 0.15) is 23.1 Å². The van der Waals surface area contributed by atoms with E-state index in [4.69, 9.17) is 10.5 Å². The van der Waals surface area contributed by atoms with E-state index in [-0.39, 0.29) is 24.0 Å². The molecule has 2 N–H and O–H groups in total. The molecule has 7 nitrogen and oxygen atoms in total. The van der Waals surface area contributed by atoms with Crippen LogP contribution in [0.1, 0.15) is 51.3 Å². The maximum absolute atomic E-state index is 14.5. The van der Waals surface area contributed by atoms with Gasteiger partial charge in [-0.25, -0.2) is 4.39 Å². The van der Waals surface area contributed by atoms with E-state index in [0.29, 0.717) is 42.4 Å². The molecule has 3 amide bonds. The first-order chi connectivity index (χ1) is 15.4. The van der Waals surface area contributed by atoms with Gasteiger partial charge in [0.2, 0.25) is 5.91 Å². The monoisotopic (exact) mass is 459 g/mol. The number of nitrogens with two attached hydrogens (primary N) is 1. The Labute approximate surface area is 189 Å². The summed E-state index contributed by atoms with van der Waals surface area (Å²) in [6, 6.07) is 5.91. The van der Waals surface area contributed by atoms with Crippen molar-refractivity contribution in [3.05, 3.63) is 51.5 Å². The number of benzene rings is 1.